The van der Waals surface area contributed by atoms with Crippen LogP contribution in [0.25, 0.3) is 0 Å². The van der Waals surface area contributed by atoms with Crippen molar-refractivity contribution >= 4 is 16.6 Å². The third-order valence-electron chi connectivity index (χ3n) is 3.53. The first-order valence-corrected chi connectivity index (χ1v) is 13.6. The highest BCUT2D eigenvalue weighted by atomic mass is 28.4. The van der Waals surface area contributed by atoms with Gasteiger partial charge in [0.05, 0.1) is 0 Å². The van der Waals surface area contributed by atoms with Crippen LogP contribution in [0.15, 0.2) is 0 Å². The number of hydrogen-bond donors (Lipinski definition) is 0. The van der Waals surface area contributed by atoms with E-state index in [0.29, 0.717) is 0 Å². The first kappa shape index (κ1) is 18.3. The lowest BCUT2D eigenvalue weighted by Gasteiger charge is -2.35. The Morgan fingerprint density at radius 3 is 1.83 bits per heavy atom. The van der Waals surface area contributed by atoms with Gasteiger partial charge in [-0.3, -0.25) is 0 Å². The minimum atomic E-state index is -1.37. The van der Waals surface area contributed by atoms with E-state index in [0.717, 1.165) is 6.54 Å². The van der Waals surface area contributed by atoms with E-state index in [1.165, 1.54) is 25.6 Å². The smallest absolute Gasteiger partial charge is 0.186 e. The fraction of sp³-hybridized carbons (Fsp3) is 1.00. The highest BCUT2D eigenvalue weighted by Crippen LogP contribution is 2.16. The maximum atomic E-state index is 5.63. The van der Waals surface area contributed by atoms with Gasteiger partial charge in [-0.05, 0) is 46.2 Å². The molecule has 0 saturated heterocycles. The monoisotopic (exact) mass is 290 g/mol. The quantitative estimate of drug-likeness (QED) is 0.607. The van der Waals surface area contributed by atoms with Crippen LogP contribution in [0.1, 0.15) is 6.42 Å². The van der Waals surface area contributed by atoms with Crippen molar-refractivity contribution in [2.24, 2.45) is 0 Å². The first-order valence-electron chi connectivity index (χ1n) is 7.03. The zero-order valence-corrected chi connectivity index (χ0v) is 15.8. The van der Waals surface area contributed by atoms with Gasteiger partial charge >= 0.3 is 0 Å². The largest absolute Gasteiger partial charge is 0.420 e. The van der Waals surface area contributed by atoms with Gasteiger partial charge in [-0.25, -0.2) is 0 Å². The SMILES string of the molecule is CO[Si](C)(C)CCCN(CCN(C)C)[Si](C)(C)C. The van der Waals surface area contributed by atoms with Crippen molar-refractivity contribution in [1.82, 2.24) is 9.47 Å². The molecule has 0 aliphatic rings. The molecule has 0 N–H and O–H groups in total. The molecule has 18 heavy (non-hydrogen) atoms. The molecule has 0 bridgehead atoms. The van der Waals surface area contributed by atoms with Crippen LogP contribution in [0.2, 0.25) is 38.8 Å². The van der Waals surface area contributed by atoms with Gasteiger partial charge in [-0.15, -0.1) is 0 Å². The highest BCUT2D eigenvalue weighted by molar-refractivity contribution is 6.73. The fourth-order valence-electron chi connectivity index (χ4n) is 1.90. The minimum Gasteiger partial charge on any atom is -0.420 e. The molecule has 3 nitrogen and oxygen atoms in total. The molecule has 5 heteroatoms. The summed E-state index contributed by atoms with van der Waals surface area (Å²) in [6, 6.07) is 1.27. The van der Waals surface area contributed by atoms with Crippen molar-refractivity contribution in [3.8, 4) is 0 Å². The van der Waals surface area contributed by atoms with Crippen LogP contribution < -0.4 is 0 Å². The average molecular weight is 291 g/mol. The van der Waals surface area contributed by atoms with Crippen molar-refractivity contribution in [3.05, 3.63) is 0 Å². The van der Waals surface area contributed by atoms with E-state index in [-0.39, 0.29) is 0 Å². The molecule has 0 aliphatic heterocycles. The Morgan fingerprint density at radius 2 is 1.44 bits per heavy atom. The Labute approximate surface area is 117 Å². The second kappa shape index (κ2) is 7.79. The van der Waals surface area contributed by atoms with Gasteiger partial charge in [-0.1, -0.05) is 19.6 Å². The fourth-order valence-corrected chi connectivity index (χ4v) is 4.71. The van der Waals surface area contributed by atoms with Crippen LogP contribution in [0, 0.1) is 0 Å². The normalized spacial score (nSPS) is 13.7. The van der Waals surface area contributed by atoms with Gasteiger partial charge in [0.2, 0.25) is 0 Å². The lowest BCUT2D eigenvalue weighted by atomic mass is 10.4. The molecule has 0 unspecified atom stereocenters. The minimum absolute atomic E-state index is 1.16. The molecule has 0 heterocycles. The predicted octanol–water partition coefficient (Wildman–Crippen LogP) is 2.93. The molecule has 0 saturated carbocycles. The molecule has 0 amide bonds. The zero-order valence-electron chi connectivity index (χ0n) is 13.8. The molecular formula is C13H34N2OSi2. The van der Waals surface area contributed by atoms with Crippen LogP contribution in [0.5, 0.6) is 0 Å². The second-order valence-corrected chi connectivity index (χ2v) is 16.4. The van der Waals surface area contributed by atoms with Gasteiger partial charge in [0.15, 0.2) is 8.32 Å². The van der Waals surface area contributed by atoms with Crippen molar-refractivity contribution in [2.45, 2.75) is 45.2 Å². The van der Waals surface area contributed by atoms with E-state index >= 15 is 0 Å². The molecular weight excluding hydrogens is 256 g/mol. The molecule has 0 atom stereocenters. The molecule has 0 fully saturated rings. The molecule has 0 spiro atoms. The first-order chi connectivity index (χ1) is 8.08. The molecule has 110 valence electrons. The van der Waals surface area contributed by atoms with Gasteiger partial charge < -0.3 is 13.9 Å². The van der Waals surface area contributed by atoms with E-state index in [9.17, 15) is 0 Å². The summed E-state index contributed by atoms with van der Waals surface area (Å²) in [6.07, 6.45) is 1.28. The van der Waals surface area contributed by atoms with Gasteiger partial charge in [-0.2, -0.15) is 0 Å². The van der Waals surface area contributed by atoms with E-state index < -0.39 is 16.6 Å². The van der Waals surface area contributed by atoms with Crippen LogP contribution in [-0.2, 0) is 4.43 Å². The second-order valence-electron chi connectivity index (χ2n) is 7.03. The van der Waals surface area contributed by atoms with Gasteiger partial charge in [0.25, 0.3) is 0 Å². The summed E-state index contributed by atoms with van der Waals surface area (Å²) in [5.74, 6) is 0. The molecule has 0 radical (unpaired) electrons. The number of nitrogens with zero attached hydrogens (tertiary/aromatic N) is 2. The molecule has 0 aromatic rings. The number of rotatable bonds is 9. The Morgan fingerprint density at radius 1 is 0.889 bits per heavy atom. The summed E-state index contributed by atoms with van der Waals surface area (Å²) >= 11 is 0. The van der Waals surface area contributed by atoms with Crippen LogP contribution in [0.3, 0.4) is 0 Å². The topological polar surface area (TPSA) is 15.7 Å². The van der Waals surface area contributed by atoms with Crippen molar-refractivity contribution < 1.29 is 4.43 Å². The van der Waals surface area contributed by atoms with Crippen molar-refractivity contribution in [2.75, 3.05) is 40.8 Å². The summed E-state index contributed by atoms with van der Waals surface area (Å²) in [7, 11) is 3.63. The summed E-state index contributed by atoms with van der Waals surface area (Å²) in [5.41, 5.74) is 0. The number of hydrogen-bond acceptors (Lipinski definition) is 3. The number of likely N-dealkylation sites (N-methyl/N-ethyl adjacent to an activating group) is 1. The summed E-state index contributed by atoms with van der Waals surface area (Å²) in [4.78, 5) is 2.28. The Balaban J connectivity index is 4.18. The molecule has 0 aromatic heterocycles. The van der Waals surface area contributed by atoms with Gasteiger partial charge in [0, 0.05) is 20.2 Å². The van der Waals surface area contributed by atoms with Crippen LogP contribution in [-0.4, -0.2) is 66.9 Å². The van der Waals surface area contributed by atoms with E-state index in [1.54, 1.807) is 0 Å². The third-order valence-corrected chi connectivity index (χ3v) is 8.53. The van der Waals surface area contributed by atoms with Crippen LogP contribution in [0.4, 0.5) is 0 Å². The zero-order chi connectivity index (χ0) is 14.4. The van der Waals surface area contributed by atoms with E-state index in [4.69, 9.17) is 4.43 Å². The summed E-state index contributed by atoms with van der Waals surface area (Å²) < 4.78 is 8.36. The Hall–Kier alpha value is 0.314. The van der Waals surface area contributed by atoms with Crippen molar-refractivity contribution in [1.29, 1.82) is 0 Å². The molecule has 0 aromatic carbocycles. The summed E-state index contributed by atoms with van der Waals surface area (Å²) in [6.45, 7) is 15.6. The summed E-state index contributed by atoms with van der Waals surface area (Å²) in [5, 5.41) is 0. The van der Waals surface area contributed by atoms with Gasteiger partial charge in [0.1, 0.15) is 8.24 Å². The molecule has 0 aliphatic carbocycles. The maximum absolute atomic E-state index is 5.63. The Kier molecular flexibility index (Phi) is 7.93. The highest BCUT2D eigenvalue weighted by Gasteiger charge is 2.25. The standard InChI is InChI=1S/C13H34N2OSi2/c1-14(2)11-12-15(17(4,5)6)10-9-13-18(7,8)16-3/h9-13H2,1-8H3. The third kappa shape index (κ3) is 8.42. The lowest BCUT2D eigenvalue weighted by Crippen LogP contribution is -2.49. The predicted molar refractivity (Wildman–Crippen MR) is 87.4 cm³/mol. The van der Waals surface area contributed by atoms with Crippen LogP contribution >= 0.6 is 0 Å². The average Bonchev–Trinajstić information content (AvgIpc) is 2.20. The Bertz CT molecular complexity index is 228. The van der Waals surface area contributed by atoms with E-state index in [1.807, 2.05) is 7.11 Å². The van der Waals surface area contributed by atoms with Crippen molar-refractivity contribution in [3.63, 3.8) is 0 Å². The lowest BCUT2D eigenvalue weighted by molar-refractivity contribution is 0.328. The maximum Gasteiger partial charge on any atom is 0.186 e. The molecule has 0 rings (SSSR count). The van der Waals surface area contributed by atoms with E-state index in [2.05, 4.69) is 56.3 Å².